The number of nitrogens with zero attached hydrogens (tertiary/aromatic N) is 1. The van der Waals surface area contributed by atoms with Crippen molar-refractivity contribution >= 4 is 27.4 Å². The Morgan fingerprint density at radius 3 is 2.15 bits per heavy atom. The van der Waals surface area contributed by atoms with Gasteiger partial charge in [0.05, 0.1) is 11.9 Å². The highest BCUT2D eigenvalue weighted by molar-refractivity contribution is 7.92. The van der Waals surface area contributed by atoms with Crippen LogP contribution in [0.2, 0.25) is 0 Å². The van der Waals surface area contributed by atoms with Gasteiger partial charge in [-0.25, -0.2) is 8.42 Å². The molecule has 0 saturated carbocycles. The lowest BCUT2D eigenvalue weighted by Crippen LogP contribution is -2.40. The second-order valence-corrected chi connectivity index (χ2v) is 7.87. The van der Waals surface area contributed by atoms with E-state index in [0.29, 0.717) is 24.2 Å². The van der Waals surface area contributed by atoms with Crippen molar-refractivity contribution in [3.05, 3.63) is 65.7 Å². The number of sulfonamides is 1. The molecule has 0 atom stereocenters. The Kier molecular flexibility index (Phi) is 6.52. The summed E-state index contributed by atoms with van der Waals surface area (Å²) in [5, 5.41) is 2.73. The molecule has 0 radical (unpaired) electrons. The van der Waals surface area contributed by atoms with E-state index in [-0.39, 0.29) is 18.2 Å². The maximum atomic E-state index is 12.2. The molecule has 6 nitrogen and oxygen atoms in total. The maximum Gasteiger partial charge on any atom is 0.240 e. The summed E-state index contributed by atoms with van der Waals surface area (Å²) in [5.41, 5.74) is 1.91. The van der Waals surface area contributed by atoms with Crippen LogP contribution in [-0.4, -0.2) is 39.5 Å². The first-order valence-corrected chi connectivity index (χ1v) is 10.0. The van der Waals surface area contributed by atoms with Gasteiger partial charge in [0.1, 0.15) is 6.54 Å². The summed E-state index contributed by atoms with van der Waals surface area (Å²) in [7, 11) is -3.64. The number of carbonyl (C=O) groups is 2. The minimum Gasteiger partial charge on any atom is -0.354 e. The largest absolute Gasteiger partial charge is 0.354 e. The van der Waals surface area contributed by atoms with Gasteiger partial charge in [0.2, 0.25) is 15.9 Å². The minimum atomic E-state index is -3.64. The molecule has 26 heavy (non-hydrogen) atoms. The molecule has 1 amide bonds. The van der Waals surface area contributed by atoms with Crippen molar-refractivity contribution < 1.29 is 18.0 Å². The number of benzene rings is 2. The van der Waals surface area contributed by atoms with E-state index >= 15 is 0 Å². The summed E-state index contributed by atoms with van der Waals surface area (Å²) < 4.78 is 25.1. The molecule has 7 heteroatoms. The van der Waals surface area contributed by atoms with E-state index in [0.717, 1.165) is 16.1 Å². The Hall–Kier alpha value is -2.67. The molecule has 2 aromatic rings. The Labute approximate surface area is 153 Å². The molecule has 0 heterocycles. The Morgan fingerprint density at radius 2 is 1.62 bits per heavy atom. The van der Waals surface area contributed by atoms with E-state index in [1.807, 2.05) is 30.3 Å². The van der Waals surface area contributed by atoms with Crippen molar-refractivity contribution in [2.45, 2.75) is 13.3 Å². The first-order chi connectivity index (χ1) is 12.3. The molecule has 0 fully saturated rings. The number of Topliss-reactive ketones (excluding diaryl/α,β-unsaturated/α-hetero) is 1. The van der Waals surface area contributed by atoms with E-state index in [9.17, 15) is 18.0 Å². The van der Waals surface area contributed by atoms with Gasteiger partial charge in [0, 0.05) is 12.1 Å². The predicted molar refractivity (Wildman–Crippen MR) is 102 cm³/mol. The zero-order valence-corrected chi connectivity index (χ0v) is 15.6. The SMILES string of the molecule is CC(=O)c1ccc(N(CC(=O)NCCc2ccccc2)S(C)(=O)=O)cc1. The standard InChI is InChI=1S/C19H22N2O4S/c1-15(22)17-8-10-18(11-9-17)21(26(2,24)25)14-19(23)20-13-12-16-6-4-3-5-7-16/h3-11H,12-14H2,1-2H3,(H,20,23). The first kappa shape index (κ1) is 19.7. The van der Waals surface area contributed by atoms with Crippen molar-refractivity contribution in [3.8, 4) is 0 Å². The van der Waals surface area contributed by atoms with Gasteiger partial charge in [-0.15, -0.1) is 0 Å². The van der Waals surface area contributed by atoms with E-state index < -0.39 is 10.0 Å². The third-order valence-electron chi connectivity index (χ3n) is 3.83. The molecule has 0 saturated heterocycles. The van der Waals surface area contributed by atoms with Gasteiger partial charge < -0.3 is 5.32 Å². The second kappa shape index (κ2) is 8.62. The molecule has 138 valence electrons. The lowest BCUT2D eigenvalue weighted by molar-refractivity contribution is -0.119. The van der Waals surface area contributed by atoms with E-state index in [1.165, 1.54) is 19.1 Å². The quantitative estimate of drug-likeness (QED) is 0.717. The average Bonchev–Trinajstić information content (AvgIpc) is 2.60. The zero-order valence-electron chi connectivity index (χ0n) is 14.8. The molecule has 2 aromatic carbocycles. The van der Waals surface area contributed by atoms with Crippen molar-refractivity contribution in [2.24, 2.45) is 0 Å². The van der Waals surface area contributed by atoms with Crippen LogP contribution in [0.3, 0.4) is 0 Å². The molecule has 0 aliphatic carbocycles. The molecule has 0 aliphatic rings. The normalized spacial score (nSPS) is 11.0. The van der Waals surface area contributed by atoms with Gasteiger partial charge in [-0.3, -0.25) is 13.9 Å². The van der Waals surface area contributed by atoms with Gasteiger partial charge in [0.15, 0.2) is 5.78 Å². The number of nitrogens with one attached hydrogen (secondary N) is 1. The highest BCUT2D eigenvalue weighted by atomic mass is 32.2. The zero-order chi connectivity index (χ0) is 19.2. The average molecular weight is 374 g/mol. The van der Waals surface area contributed by atoms with Crippen LogP contribution in [0.4, 0.5) is 5.69 Å². The van der Waals surface area contributed by atoms with Crippen molar-refractivity contribution in [1.29, 1.82) is 0 Å². The summed E-state index contributed by atoms with van der Waals surface area (Å²) >= 11 is 0. The first-order valence-electron chi connectivity index (χ1n) is 8.16. The van der Waals surface area contributed by atoms with Crippen LogP contribution >= 0.6 is 0 Å². The number of ketones is 1. The van der Waals surface area contributed by atoms with Crippen molar-refractivity contribution in [3.63, 3.8) is 0 Å². The summed E-state index contributed by atoms with van der Waals surface area (Å²) in [5.74, 6) is -0.497. The molecule has 0 unspecified atom stereocenters. The monoisotopic (exact) mass is 374 g/mol. The maximum absolute atomic E-state index is 12.2. The smallest absolute Gasteiger partial charge is 0.240 e. The van der Waals surface area contributed by atoms with Crippen molar-refractivity contribution in [1.82, 2.24) is 5.32 Å². The summed E-state index contributed by atoms with van der Waals surface area (Å²) in [4.78, 5) is 23.5. The fourth-order valence-electron chi connectivity index (χ4n) is 2.44. The molecule has 2 rings (SSSR count). The number of hydrogen-bond donors (Lipinski definition) is 1. The van der Waals surface area contributed by atoms with Gasteiger partial charge in [0.25, 0.3) is 0 Å². The Morgan fingerprint density at radius 1 is 1.00 bits per heavy atom. The number of hydrogen-bond acceptors (Lipinski definition) is 4. The molecule has 1 N–H and O–H groups in total. The van der Waals surface area contributed by atoms with Crippen LogP contribution in [0.5, 0.6) is 0 Å². The van der Waals surface area contributed by atoms with E-state index in [4.69, 9.17) is 0 Å². The van der Waals surface area contributed by atoms with Gasteiger partial charge in [-0.2, -0.15) is 0 Å². The fourth-order valence-corrected chi connectivity index (χ4v) is 3.30. The van der Waals surface area contributed by atoms with Crippen LogP contribution in [0.1, 0.15) is 22.8 Å². The molecular weight excluding hydrogens is 352 g/mol. The van der Waals surface area contributed by atoms with Gasteiger partial charge in [-0.05, 0) is 43.2 Å². The summed E-state index contributed by atoms with van der Waals surface area (Å²) in [6.45, 7) is 1.54. The van der Waals surface area contributed by atoms with Gasteiger partial charge in [-0.1, -0.05) is 30.3 Å². The third kappa shape index (κ3) is 5.70. The predicted octanol–water partition coefficient (Wildman–Crippen LogP) is 2.01. The molecule has 0 spiro atoms. The number of carbonyl (C=O) groups excluding carboxylic acids is 2. The topological polar surface area (TPSA) is 83.6 Å². The van der Waals surface area contributed by atoms with Gasteiger partial charge >= 0.3 is 0 Å². The van der Waals surface area contributed by atoms with Crippen LogP contribution in [0.25, 0.3) is 0 Å². The highest BCUT2D eigenvalue weighted by Crippen LogP contribution is 2.18. The number of rotatable bonds is 8. The molecule has 0 aliphatic heterocycles. The minimum absolute atomic E-state index is 0.110. The second-order valence-electron chi connectivity index (χ2n) is 5.96. The summed E-state index contributed by atoms with van der Waals surface area (Å²) in [6.07, 6.45) is 1.71. The Balaban J connectivity index is 2.01. The number of anilines is 1. The lowest BCUT2D eigenvalue weighted by Gasteiger charge is -2.22. The van der Waals surface area contributed by atoms with Crippen molar-refractivity contribution in [2.75, 3.05) is 23.7 Å². The molecule has 0 aromatic heterocycles. The van der Waals surface area contributed by atoms with E-state index in [1.54, 1.807) is 12.1 Å². The lowest BCUT2D eigenvalue weighted by atomic mass is 10.1. The Bertz CT molecular complexity index is 862. The highest BCUT2D eigenvalue weighted by Gasteiger charge is 2.20. The van der Waals surface area contributed by atoms with Crippen LogP contribution in [0, 0.1) is 0 Å². The van der Waals surface area contributed by atoms with Crippen LogP contribution in [-0.2, 0) is 21.2 Å². The number of amides is 1. The summed E-state index contributed by atoms with van der Waals surface area (Å²) in [6, 6.07) is 15.8. The third-order valence-corrected chi connectivity index (χ3v) is 4.97. The molecular formula is C19H22N2O4S. The fraction of sp³-hybridized carbons (Fsp3) is 0.263. The van der Waals surface area contributed by atoms with E-state index in [2.05, 4.69) is 5.32 Å². The van der Waals surface area contributed by atoms with Crippen LogP contribution in [0.15, 0.2) is 54.6 Å². The molecule has 0 bridgehead atoms. The van der Waals surface area contributed by atoms with Crippen LogP contribution < -0.4 is 9.62 Å².